The molecule has 21 heavy (non-hydrogen) atoms. The number of nitrogens with zero attached hydrogens (tertiary/aromatic N) is 3. The average molecular weight is 290 g/mol. The fourth-order valence-corrected chi connectivity index (χ4v) is 1.74. The first-order valence-corrected chi connectivity index (χ1v) is 6.71. The minimum absolute atomic E-state index is 0.0677. The second kappa shape index (κ2) is 6.49. The molecule has 1 heterocycles. The lowest BCUT2D eigenvalue weighted by Gasteiger charge is -2.08. The lowest BCUT2D eigenvalue weighted by Crippen LogP contribution is -2.04. The summed E-state index contributed by atoms with van der Waals surface area (Å²) in [6, 6.07) is 4.90. The SMILES string of the molecule is Cc1cn(N=Cc2ccc(COC(C)C)c(F)c2)c(N)n1. The molecule has 2 rings (SSSR count). The van der Waals surface area contributed by atoms with Crippen LogP contribution in [0.5, 0.6) is 0 Å². The number of nitrogens with two attached hydrogens (primary N) is 1. The van der Waals surface area contributed by atoms with Crippen molar-refractivity contribution in [1.82, 2.24) is 9.66 Å². The molecule has 2 aromatic rings. The van der Waals surface area contributed by atoms with Gasteiger partial charge in [0.25, 0.3) is 0 Å². The van der Waals surface area contributed by atoms with Crippen molar-refractivity contribution in [2.45, 2.75) is 33.5 Å². The van der Waals surface area contributed by atoms with E-state index in [4.69, 9.17) is 10.5 Å². The summed E-state index contributed by atoms with van der Waals surface area (Å²) < 4.78 is 20.8. The van der Waals surface area contributed by atoms with E-state index in [0.717, 1.165) is 5.69 Å². The van der Waals surface area contributed by atoms with Crippen molar-refractivity contribution in [2.24, 2.45) is 5.10 Å². The van der Waals surface area contributed by atoms with Crippen LogP contribution in [-0.4, -0.2) is 22.0 Å². The summed E-state index contributed by atoms with van der Waals surface area (Å²) in [5, 5.41) is 4.15. The molecule has 6 heteroatoms. The number of benzene rings is 1. The Hall–Kier alpha value is -2.21. The third-order valence-corrected chi connectivity index (χ3v) is 2.82. The summed E-state index contributed by atoms with van der Waals surface area (Å²) in [7, 11) is 0. The summed E-state index contributed by atoms with van der Waals surface area (Å²) in [5.74, 6) is -0.0134. The fraction of sp³-hybridized carbons (Fsp3) is 0.333. The van der Waals surface area contributed by atoms with Crippen molar-refractivity contribution in [3.8, 4) is 0 Å². The highest BCUT2D eigenvalue weighted by atomic mass is 19.1. The monoisotopic (exact) mass is 290 g/mol. The van der Waals surface area contributed by atoms with Crippen LogP contribution in [-0.2, 0) is 11.3 Å². The Kier molecular flexibility index (Phi) is 4.70. The molecule has 1 aromatic heterocycles. The van der Waals surface area contributed by atoms with E-state index >= 15 is 0 Å². The maximum atomic E-state index is 13.9. The van der Waals surface area contributed by atoms with E-state index in [1.54, 1.807) is 18.3 Å². The van der Waals surface area contributed by atoms with E-state index < -0.39 is 0 Å². The molecule has 2 N–H and O–H groups in total. The molecule has 5 nitrogen and oxygen atoms in total. The number of hydrogen-bond donors (Lipinski definition) is 1. The third-order valence-electron chi connectivity index (χ3n) is 2.82. The molecule has 0 unspecified atom stereocenters. The van der Waals surface area contributed by atoms with Crippen LogP contribution >= 0.6 is 0 Å². The molecule has 0 saturated carbocycles. The third kappa shape index (κ3) is 4.13. The first-order valence-electron chi connectivity index (χ1n) is 6.71. The molecule has 0 spiro atoms. The maximum Gasteiger partial charge on any atom is 0.221 e. The lowest BCUT2D eigenvalue weighted by atomic mass is 10.1. The van der Waals surface area contributed by atoms with Gasteiger partial charge in [-0.2, -0.15) is 5.10 Å². The van der Waals surface area contributed by atoms with Crippen LogP contribution in [0.3, 0.4) is 0 Å². The van der Waals surface area contributed by atoms with Gasteiger partial charge in [0.15, 0.2) is 0 Å². The molecule has 0 amide bonds. The van der Waals surface area contributed by atoms with Gasteiger partial charge in [0.1, 0.15) is 5.82 Å². The summed E-state index contributed by atoms with van der Waals surface area (Å²) in [6.45, 7) is 5.91. The number of imidazole rings is 1. The number of ether oxygens (including phenoxy) is 1. The van der Waals surface area contributed by atoms with Crippen molar-refractivity contribution in [3.63, 3.8) is 0 Å². The Balaban J connectivity index is 2.11. The van der Waals surface area contributed by atoms with Crippen LogP contribution in [0.4, 0.5) is 10.3 Å². The van der Waals surface area contributed by atoms with Gasteiger partial charge in [-0.15, -0.1) is 0 Å². The molecule has 0 bridgehead atoms. The second-order valence-corrected chi connectivity index (χ2v) is 5.04. The smallest absolute Gasteiger partial charge is 0.221 e. The highest BCUT2D eigenvalue weighted by molar-refractivity contribution is 5.79. The molecular formula is C15H19FN4O. The average Bonchev–Trinajstić information content (AvgIpc) is 2.73. The molecule has 0 atom stereocenters. The molecule has 112 valence electrons. The second-order valence-electron chi connectivity index (χ2n) is 5.04. The highest BCUT2D eigenvalue weighted by Crippen LogP contribution is 2.12. The molecule has 0 radical (unpaired) electrons. The lowest BCUT2D eigenvalue weighted by molar-refractivity contribution is 0.0639. The zero-order valence-electron chi connectivity index (χ0n) is 12.4. The van der Waals surface area contributed by atoms with E-state index in [1.807, 2.05) is 20.8 Å². The van der Waals surface area contributed by atoms with Crippen molar-refractivity contribution >= 4 is 12.2 Å². The van der Waals surface area contributed by atoms with Crippen LogP contribution < -0.4 is 5.73 Å². The Labute approximate surface area is 123 Å². The number of hydrogen-bond acceptors (Lipinski definition) is 4. The van der Waals surface area contributed by atoms with Crippen molar-refractivity contribution in [2.75, 3.05) is 5.73 Å². The van der Waals surface area contributed by atoms with Gasteiger partial charge in [0.05, 0.1) is 30.8 Å². The molecule has 0 saturated heterocycles. The van der Waals surface area contributed by atoms with Gasteiger partial charge in [0.2, 0.25) is 5.95 Å². The normalized spacial score (nSPS) is 11.7. The number of aryl methyl sites for hydroxylation is 1. The van der Waals surface area contributed by atoms with Crippen molar-refractivity contribution < 1.29 is 9.13 Å². The number of anilines is 1. The van der Waals surface area contributed by atoms with Crippen LogP contribution in [0.2, 0.25) is 0 Å². The molecule has 0 aliphatic carbocycles. The summed E-state index contributed by atoms with van der Waals surface area (Å²) in [6.07, 6.45) is 3.30. The van der Waals surface area contributed by atoms with Crippen LogP contribution in [0.25, 0.3) is 0 Å². The van der Waals surface area contributed by atoms with Gasteiger partial charge < -0.3 is 10.5 Å². The standard InChI is InChI=1S/C15H19FN4O/c1-10(2)21-9-13-5-4-12(6-14(13)16)7-18-20-8-11(3)19-15(20)17/h4-8,10H,9H2,1-3H3,(H2,17,19). The van der Waals surface area contributed by atoms with Gasteiger partial charge in [0, 0.05) is 5.56 Å². The zero-order chi connectivity index (χ0) is 15.4. The summed E-state index contributed by atoms with van der Waals surface area (Å²) in [4.78, 5) is 4.03. The summed E-state index contributed by atoms with van der Waals surface area (Å²) in [5.41, 5.74) is 7.62. The van der Waals surface area contributed by atoms with Crippen molar-refractivity contribution in [3.05, 3.63) is 47.0 Å². The minimum atomic E-state index is -0.311. The van der Waals surface area contributed by atoms with E-state index in [2.05, 4.69) is 10.1 Å². The predicted molar refractivity (Wildman–Crippen MR) is 80.7 cm³/mol. The van der Waals surface area contributed by atoms with Crippen molar-refractivity contribution in [1.29, 1.82) is 0 Å². The maximum absolute atomic E-state index is 13.9. The Morgan fingerprint density at radius 3 is 2.81 bits per heavy atom. The molecular weight excluding hydrogens is 271 g/mol. The van der Waals surface area contributed by atoms with Crippen LogP contribution in [0, 0.1) is 12.7 Å². The van der Waals surface area contributed by atoms with Gasteiger partial charge >= 0.3 is 0 Å². The summed E-state index contributed by atoms with van der Waals surface area (Å²) >= 11 is 0. The highest BCUT2D eigenvalue weighted by Gasteiger charge is 2.05. The van der Waals surface area contributed by atoms with E-state index in [9.17, 15) is 4.39 Å². The number of aromatic nitrogens is 2. The van der Waals surface area contributed by atoms with Crippen LogP contribution in [0.15, 0.2) is 29.5 Å². The number of rotatable bonds is 5. The zero-order valence-corrected chi connectivity index (χ0v) is 12.4. The van der Waals surface area contributed by atoms with E-state index in [0.29, 0.717) is 17.1 Å². The Bertz CT molecular complexity index is 649. The molecule has 1 aromatic carbocycles. The van der Waals surface area contributed by atoms with Gasteiger partial charge in [-0.3, -0.25) is 0 Å². The first kappa shape index (κ1) is 15.2. The van der Waals surface area contributed by atoms with Gasteiger partial charge in [-0.05, 0) is 32.4 Å². The Morgan fingerprint density at radius 1 is 1.48 bits per heavy atom. The van der Waals surface area contributed by atoms with E-state index in [1.165, 1.54) is 17.0 Å². The first-order chi connectivity index (χ1) is 9.95. The number of nitrogen functional groups attached to an aromatic ring is 1. The van der Waals surface area contributed by atoms with Gasteiger partial charge in [-0.25, -0.2) is 14.1 Å². The molecule has 0 aliphatic rings. The largest absolute Gasteiger partial charge is 0.374 e. The quantitative estimate of drug-likeness (QED) is 0.861. The van der Waals surface area contributed by atoms with E-state index in [-0.39, 0.29) is 18.5 Å². The van der Waals surface area contributed by atoms with Gasteiger partial charge in [-0.1, -0.05) is 12.1 Å². The molecule has 0 fully saturated rings. The van der Waals surface area contributed by atoms with Crippen LogP contribution in [0.1, 0.15) is 30.7 Å². The number of halogens is 1. The minimum Gasteiger partial charge on any atom is -0.374 e. The Morgan fingerprint density at radius 2 is 2.24 bits per heavy atom. The predicted octanol–water partition coefficient (Wildman–Crippen LogP) is 2.72. The topological polar surface area (TPSA) is 65.4 Å². The fourth-order valence-electron chi connectivity index (χ4n) is 1.74. The molecule has 0 aliphatic heterocycles.